The summed E-state index contributed by atoms with van der Waals surface area (Å²) in [5.41, 5.74) is 0.337. The van der Waals surface area contributed by atoms with E-state index >= 15 is 0 Å². The maximum Gasteiger partial charge on any atom is 0.190 e. The first-order valence-electron chi connectivity index (χ1n) is 3.96. The minimum atomic E-state index is 0.0981. The zero-order valence-electron chi connectivity index (χ0n) is 7.76. The van der Waals surface area contributed by atoms with Gasteiger partial charge in [-0.15, -0.1) is 0 Å². The van der Waals surface area contributed by atoms with Gasteiger partial charge in [-0.3, -0.25) is 0 Å². The van der Waals surface area contributed by atoms with Gasteiger partial charge in [0.2, 0.25) is 0 Å². The zero-order valence-corrected chi connectivity index (χ0v) is 11.6. The van der Waals surface area contributed by atoms with Gasteiger partial charge >= 0.3 is 0 Å². The lowest BCUT2D eigenvalue weighted by molar-refractivity contribution is 0.993. The van der Waals surface area contributed by atoms with Crippen LogP contribution in [0.15, 0.2) is 5.16 Å². The summed E-state index contributed by atoms with van der Waals surface area (Å²) >= 11 is 25.0. The van der Waals surface area contributed by atoms with Gasteiger partial charge < -0.3 is 0 Å². The highest BCUT2D eigenvalue weighted by molar-refractivity contribution is 7.98. The van der Waals surface area contributed by atoms with E-state index in [9.17, 15) is 0 Å². The maximum absolute atomic E-state index is 6.00. The zero-order chi connectivity index (χ0) is 11.9. The van der Waals surface area contributed by atoms with Crippen molar-refractivity contribution in [3.63, 3.8) is 0 Å². The highest BCUT2D eigenvalue weighted by Gasteiger charge is 2.16. The molecule has 2 rings (SSSR count). The Morgan fingerprint density at radius 2 is 1.56 bits per heavy atom. The van der Waals surface area contributed by atoms with Crippen molar-refractivity contribution in [3.05, 3.63) is 20.4 Å². The van der Waals surface area contributed by atoms with E-state index < -0.39 is 0 Å². The Balaban J connectivity index is 2.90. The van der Waals surface area contributed by atoms with Gasteiger partial charge in [0.05, 0.1) is 15.4 Å². The van der Waals surface area contributed by atoms with E-state index in [0.717, 1.165) is 0 Å². The van der Waals surface area contributed by atoms with Crippen LogP contribution in [0.3, 0.4) is 0 Å². The van der Waals surface area contributed by atoms with Crippen LogP contribution in [0.4, 0.5) is 0 Å². The second-order valence-electron chi connectivity index (χ2n) is 2.73. The lowest BCUT2D eigenvalue weighted by atomic mass is 10.3. The topological polar surface area (TPSA) is 38.7 Å². The second kappa shape index (κ2) is 4.70. The summed E-state index contributed by atoms with van der Waals surface area (Å²) in [6.07, 6.45) is 1.83. The molecule has 2 aromatic rings. The predicted molar refractivity (Wildman–Crippen MR) is 69.2 cm³/mol. The van der Waals surface area contributed by atoms with Crippen molar-refractivity contribution in [1.82, 2.24) is 15.0 Å². The first kappa shape index (κ1) is 12.5. The molecule has 0 unspecified atom stereocenters. The Hall–Kier alpha value is -0.000000000000000222. The van der Waals surface area contributed by atoms with Gasteiger partial charge in [0.1, 0.15) is 5.15 Å². The smallest absolute Gasteiger partial charge is 0.190 e. The summed E-state index contributed by atoms with van der Waals surface area (Å²) < 4.78 is 0. The largest absolute Gasteiger partial charge is 0.214 e. The molecule has 0 aliphatic heterocycles. The van der Waals surface area contributed by atoms with E-state index in [1.54, 1.807) is 0 Å². The summed E-state index contributed by atoms with van der Waals surface area (Å²) in [4.78, 5) is 12.2. The summed E-state index contributed by atoms with van der Waals surface area (Å²) in [5, 5.41) is 1.59. The third-order valence-electron chi connectivity index (χ3n) is 1.81. The molecule has 0 amide bonds. The fourth-order valence-electron chi connectivity index (χ4n) is 1.11. The van der Waals surface area contributed by atoms with Crippen LogP contribution < -0.4 is 0 Å². The van der Waals surface area contributed by atoms with Crippen molar-refractivity contribution < 1.29 is 0 Å². The first-order chi connectivity index (χ1) is 7.54. The molecule has 0 fully saturated rings. The van der Waals surface area contributed by atoms with Crippen molar-refractivity contribution in [2.24, 2.45) is 0 Å². The molecule has 2 aromatic heterocycles. The van der Waals surface area contributed by atoms with Crippen molar-refractivity contribution >= 4 is 69.2 Å². The molecule has 0 radical (unpaired) electrons. The molecule has 0 saturated heterocycles. The van der Waals surface area contributed by atoms with Crippen LogP contribution in [0.2, 0.25) is 20.4 Å². The number of hydrogen-bond acceptors (Lipinski definition) is 4. The Bertz CT molecular complexity index is 575. The lowest BCUT2D eigenvalue weighted by Gasteiger charge is -2.05. The summed E-state index contributed by atoms with van der Waals surface area (Å²) in [5.74, 6) is 0. The molecule has 0 N–H and O–H groups in total. The molecule has 84 valence electrons. The highest BCUT2D eigenvalue weighted by atomic mass is 35.5. The summed E-state index contributed by atoms with van der Waals surface area (Å²) in [7, 11) is 0. The minimum absolute atomic E-state index is 0.0981. The van der Waals surface area contributed by atoms with Crippen molar-refractivity contribution in [2.45, 2.75) is 5.16 Å². The average Bonchev–Trinajstić information content (AvgIpc) is 2.25. The maximum atomic E-state index is 6.00. The number of pyridine rings is 1. The second-order valence-corrected chi connectivity index (χ2v) is 4.98. The van der Waals surface area contributed by atoms with E-state index in [2.05, 4.69) is 15.0 Å². The number of thioether (sulfide) groups is 1. The predicted octanol–water partition coefficient (Wildman–Crippen LogP) is 4.36. The Morgan fingerprint density at radius 1 is 0.875 bits per heavy atom. The molecular formula is C8H3Cl4N3S. The third-order valence-corrected chi connectivity index (χ3v) is 3.84. The minimum Gasteiger partial charge on any atom is -0.214 e. The molecule has 0 aliphatic rings. The van der Waals surface area contributed by atoms with E-state index in [1.165, 1.54) is 11.8 Å². The number of aromatic nitrogens is 3. The van der Waals surface area contributed by atoms with Crippen molar-refractivity contribution in [1.29, 1.82) is 0 Å². The van der Waals surface area contributed by atoms with Crippen LogP contribution >= 0.6 is 58.2 Å². The van der Waals surface area contributed by atoms with Crippen molar-refractivity contribution in [3.8, 4) is 0 Å². The van der Waals surface area contributed by atoms with Gasteiger partial charge in [-0.25, -0.2) is 15.0 Å². The lowest BCUT2D eigenvalue weighted by Crippen LogP contribution is -1.94. The fraction of sp³-hybridized carbons (Fsp3) is 0.125. The van der Waals surface area contributed by atoms with Crippen LogP contribution in [0.1, 0.15) is 0 Å². The first-order valence-corrected chi connectivity index (χ1v) is 6.70. The molecule has 0 saturated carbocycles. The van der Waals surface area contributed by atoms with Crippen LogP contribution in [-0.2, 0) is 0 Å². The van der Waals surface area contributed by atoms with Gasteiger partial charge in [-0.05, 0) is 6.26 Å². The molecule has 3 nitrogen and oxygen atoms in total. The van der Waals surface area contributed by atoms with Crippen LogP contribution in [0.25, 0.3) is 11.0 Å². The van der Waals surface area contributed by atoms with Gasteiger partial charge in [0, 0.05) is 0 Å². The van der Waals surface area contributed by atoms with Gasteiger partial charge in [-0.1, -0.05) is 58.2 Å². The average molecular weight is 315 g/mol. The molecular weight excluding hydrogens is 312 g/mol. The van der Waals surface area contributed by atoms with Crippen LogP contribution in [-0.4, -0.2) is 21.2 Å². The molecule has 0 atom stereocenters. The standard InChI is InChI=1S/C8H3Cl4N3S/c1-16-8-14-5(11)2-3(9)4(10)6(12)13-7(2)15-8/h1H3. The third kappa shape index (κ3) is 2.05. The van der Waals surface area contributed by atoms with Gasteiger partial charge in [-0.2, -0.15) is 0 Å². The van der Waals surface area contributed by atoms with Crippen molar-refractivity contribution in [2.75, 3.05) is 6.26 Å². The number of halogens is 4. The van der Waals surface area contributed by atoms with E-state index in [0.29, 0.717) is 16.2 Å². The quantitative estimate of drug-likeness (QED) is 0.339. The van der Waals surface area contributed by atoms with Gasteiger partial charge in [0.15, 0.2) is 16.0 Å². The van der Waals surface area contributed by atoms with E-state index in [1.807, 2.05) is 6.26 Å². The molecule has 0 aliphatic carbocycles. The molecule has 0 bridgehead atoms. The summed E-state index contributed by atoms with van der Waals surface area (Å²) in [6.45, 7) is 0. The number of rotatable bonds is 1. The molecule has 16 heavy (non-hydrogen) atoms. The fourth-order valence-corrected chi connectivity index (χ4v) is 2.45. The summed E-state index contributed by atoms with van der Waals surface area (Å²) in [6, 6.07) is 0. The number of hydrogen-bond donors (Lipinski definition) is 0. The number of fused-ring (bicyclic) bond motifs is 1. The van der Waals surface area contributed by atoms with E-state index in [4.69, 9.17) is 46.4 Å². The van der Waals surface area contributed by atoms with Crippen LogP contribution in [0.5, 0.6) is 0 Å². The molecule has 2 heterocycles. The van der Waals surface area contributed by atoms with E-state index in [-0.39, 0.29) is 20.4 Å². The molecule has 0 aromatic carbocycles. The number of nitrogens with zero attached hydrogens (tertiary/aromatic N) is 3. The monoisotopic (exact) mass is 313 g/mol. The Labute approximate surface area is 115 Å². The van der Waals surface area contributed by atoms with Gasteiger partial charge in [0.25, 0.3) is 0 Å². The van der Waals surface area contributed by atoms with Crippen LogP contribution in [0, 0.1) is 0 Å². The Morgan fingerprint density at radius 3 is 2.19 bits per heavy atom. The highest BCUT2D eigenvalue weighted by Crippen LogP contribution is 2.37. The SMILES string of the molecule is CSc1nc(Cl)c2c(Cl)c(Cl)c(Cl)nc2n1. The Kier molecular flexibility index (Phi) is 3.66. The molecule has 0 spiro atoms. The normalized spacial score (nSPS) is 11.1. The molecule has 8 heteroatoms.